The minimum absolute atomic E-state index is 0.568. The highest BCUT2D eigenvalue weighted by atomic mass is 16.5. The second kappa shape index (κ2) is 10.6. The lowest BCUT2D eigenvalue weighted by atomic mass is 10.2. The van der Waals surface area contributed by atoms with Gasteiger partial charge in [0.2, 0.25) is 0 Å². The van der Waals surface area contributed by atoms with Gasteiger partial charge < -0.3 is 19.5 Å². The summed E-state index contributed by atoms with van der Waals surface area (Å²) in [7, 11) is 1.67. The van der Waals surface area contributed by atoms with E-state index in [1.165, 1.54) is 5.56 Å². The summed E-state index contributed by atoms with van der Waals surface area (Å²) in [4.78, 5) is 0. The molecule has 0 saturated carbocycles. The van der Waals surface area contributed by atoms with Crippen molar-refractivity contribution in [2.75, 3.05) is 32.2 Å². The van der Waals surface area contributed by atoms with Crippen LogP contribution in [0.1, 0.15) is 25.3 Å². The van der Waals surface area contributed by atoms with E-state index < -0.39 is 0 Å². The van der Waals surface area contributed by atoms with Crippen LogP contribution in [0.5, 0.6) is 11.5 Å². The summed E-state index contributed by atoms with van der Waals surface area (Å²) in [6.07, 6.45) is 2.22. The Hall–Kier alpha value is -2.20. The van der Waals surface area contributed by atoms with Gasteiger partial charge in [0.25, 0.3) is 0 Å². The smallest absolute Gasteiger partial charge is 0.121 e. The van der Waals surface area contributed by atoms with Crippen LogP contribution in [0.3, 0.4) is 0 Å². The third kappa shape index (κ3) is 6.50. The maximum absolute atomic E-state index is 5.73. The summed E-state index contributed by atoms with van der Waals surface area (Å²) in [5.41, 5.74) is 2.26. The molecule has 0 aliphatic heterocycles. The number of rotatable bonds is 11. The first-order valence-electron chi connectivity index (χ1n) is 8.49. The van der Waals surface area contributed by atoms with Crippen molar-refractivity contribution in [3.8, 4) is 11.5 Å². The summed E-state index contributed by atoms with van der Waals surface area (Å²) in [5.74, 6) is 1.78. The summed E-state index contributed by atoms with van der Waals surface area (Å²) in [6, 6.07) is 16.2. The molecule has 0 aromatic heterocycles. The standard InChI is InChI=1S/C20H27NO3/c1-3-4-12-23-20-7-5-6-18(15-20)21-16-17-8-10-19(11-9-17)24-14-13-22-2/h5-11,15,21H,3-4,12-14,16H2,1-2H3. The average Bonchev–Trinajstić information content (AvgIpc) is 2.62. The van der Waals surface area contributed by atoms with Gasteiger partial charge in [0, 0.05) is 25.4 Å². The molecule has 0 saturated heterocycles. The lowest BCUT2D eigenvalue weighted by molar-refractivity contribution is 0.146. The second-order valence-electron chi connectivity index (χ2n) is 5.57. The molecule has 0 bridgehead atoms. The van der Waals surface area contributed by atoms with Crippen molar-refractivity contribution in [3.63, 3.8) is 0 Å². The summed E-state index contributed by atoms with van der Waals surface area (Å²) < 4.78 is 16.3. The van der Waals surface area contributed by atoms with Crippen LogP contribution < -0.4 is 14.8 Å². The first-order valence-corrected chi connectivity index (χ1v) is 8.49. The van der Waals surface area contributed by atoms with E-state index in [1.54, 1.807) is 7.11 Å². The predicted molar refractivity (Wildman–Crippen MR) is 98.0 cm³/mol. The third-order valence-corrected chi connectivity index (χ3v) is 3.58. The van der Waals surface area contributed by atoms with Gasteiger partial charge in [0.05, 0.1) is 13.2 Å². The van der Waals surface area contributed by atoms with Gasteiger partial charge in [-0.15, -0.1) is 0 Å². The lowest BCUT2D eigenvalue weighted by Crippen LogP contribution is -2.04. The van der Waals surface area contributed by atoms with Crippen molar-refractivity contribution in [1.29, 1.82) is 0 Å². The van der Waals surface area contributed by atoms with E-state index in [9.17, 15) is 0 Å². The Labute approximate surface area is 144 Å². The minimum Gasteiger partial charge on any atom is -0.494 e. The number of unbranched alkanes of at least 4 members (excludes halogenated alkanes) is 1. The van der Waals surface area contributed by atoms with Gasteiger partial charge in [-0.05, 0) is 36.2 Å². The van der Waals surface area contributed by atoms with Crippen molar-refractivity contribution >= 4 is 5.69 Å². The molecule has 0 aliphatic carbocycles. The van der Waals surface area contributed by atoms with Crippen molar-refractivity contribution in [2.24, 2.45) is 0 Å². The van der Waals surface area contributed by atoms with Gasteiger partial charge >= 0.3 is 0 Å². The van der Waals surface area contributed by atoms with Gasteiger partial charge in [-0.1, -0.05) is 31.5 Å². The number of ether oxygens (including phenoxy) is 3. The number of benzene rings is 2. The van der Waals surface area contributed by atoms with Crippen molar-refractivity contribution in [1.82, 2.24) is 0 Å². The predicted octanol–water partition coefficient (Wildman–Crippen LogP) is 4.50. The molecule has 0 fully saturated rings. The van der Waals surface area contributed by atoms with Crippen molar-refractivity contribution < 1.29 is 14.2 Å². The molecule has 4 nitrogen and oxygen atoms in total. The first kappa shape index (κ1) is 18.1. The van der Waals surface area contributed by atoms with Crippen LogP contribution in [0.2, 0.25) is 0 Å². The van der Waals surface area contributed by atoms with E-state index in [1.807, 2.05) is 30.3 Å². The number of hydrogen-bond acceptors (Lipinski definition) is 4. The molecule has 0 radical (unpaired) electrons. The zero-order valence-corrected chi connectivity index (χ0v) is 14.6. The summed E-state index contributed by atoms with van der Waals surface area (Å²) in [5, 5.41) is 3.42. The van der Waals surface area contributed by atoms with E-state index in [0.717, 1.165) is 43.2 Å². The Kier molecular flexibility index (Phi) is 7.98. The molecule has 24 heavy (non-hydrogen) atoms. The Bertz CT molecular complexity index is 584. The minimum atomic E-state index is 0.568. The molecule has 130 valence electrons. The van der Waals surface area contributed by atoms with E-state index in [2.05, 4.69) is 30.4 Å². The van der Waals surface area contributed by atoms with Gasteiger partial charge in [0.1, 0.15) is 18.1 Å². The fourth-order valence-electron chi connectivity index (χ4n) is 2.18. The highest BCUT2D eigenvalue weighted by molar-refractivity contribution is 5.48. The number of methoxy groups -OCH3 is 1. The maximum Gasteiger partial charge on any atom is 0.121 e. The number of anilines is 1. The molecule has 0 unspecified atom stereocenters. The van der Waals surface area contributed by atoms with Gasteiger partial charge in [0.15, 0.2) is 0 Å². The van der Waals surface area contributed by atoms with Crippen LogP contribution in [-0.4, -0.2) is 26.9 Å². The Balaban J connectivity index is 1.81. The average molecular weight is 329 g/mol. The summed E-state index contributed by atoms with van der Waals surface area (Å²) in [6.45, 7) is 4.86. The molecule has 0 spiro atoms. The van der Waals surface area contributed by atoms with Crippen LogP contribution in [0.4, 0.5) is 5.69 Å². The topological polar surface area (TPSA) is 39.7 Å². The SMILES string of the molecule is CCCCOc1cccc(NCc2ccc(OCCOC)cc2)c1. The molecular weight excluding hydrogens is 302 g/mol. The van der Waals surface area contributed by atoms with Crippen LogP contribution >= 0.6 is 0 Å². The Morgan fingerprint density at radius 3 is 2.42 bits per heavy atom. The monoisotopic (exact) mass is 329 g/mol. The maximum atomic E-state index is 5.73. The van der Waals surface area contributed by atoms with Gasteiger partial charge in [-0.2, -0.15) is 0 Å². The van der Waals surface area contributed by atoms with E-state index >= 15 is 0 Å². The molecule has 2 aromatic carbocycles. The molecular formula is C20H27NO3. The van der Waals surface area contributed by atoms with Gasteiger partial charge in [-0.3, -0.25) is 0 Å². The van der Waals surface area contributed by atoms with Crippen LogP contribution in [0.25, 0.3) is 0 Å². The van der Waals surface area contributed by atoms with Crippen molar-refractivity contribution in [2.45, 2.75) is 26.3 Å². The lowest BCUT2D eigenvalue weighted by Gasteiger charge is -2.10. The fourth-order valence-corrected chi connectivity index (χ4v) is 2.18. The fraction of sp³-hybridized carbons (Fsp3) is 0.400. The number of nitrogens with one attached hydrogen (secondary N) is 1. The largest absolute Gasteiger partial charge is 0.494 e. The third-order valence-electron chi connectivity index (χ3n) is 3.58. The van der Waals surface area contributed by atoms with Crippen molar-refractivity contribution in [3.05, 3.63) is 54.1 Å². The molecule has 0 aliphatic rings. The molecule has 1 N–H and O–H groups in total. The molecule has 4 heteroatoms. The van der Waals surface area contributed by atoms with E-state index in [4.69, 9.17) is 14.2 Å². The van der Waals surface area contributed by atoms with Crippen LogP contribution in [0.15, 0.2) is 48.5 Å². The second-order valence-corrected chi connectivity index (χ2v) is 5.57. The van der Waals surface area contributed by atoms with E-state index in [0.29, 0.717) is 13.2 Å². The zero-order valence-electron chi connectivity index (χ0n) is 14.6. The van der Waals surface area contributed by atoms with E-state index in [-0.39, 0.29) is 0 Å². The molecule has 0 atom stereocenters. The summed E-state index contributed by atoms with van der Waals surface area (Å²) >= 11 is 0. The first-order chi connectivity index (χ1) is 11.8. The van der Waals surface area contributed by atoms with Crippen LogP contribution in [-0.2, 0) is 11.3 Å². The highest BCUT2D eigenvalue weighted by Crippen LogP contribution is 2.19. The molecule has 0 heterocycles. The molecule has 0 amide bonds. The quantitative estimate of drug-likeness (QED) is 0.616. The normalized spacial score (nSPS) is 10.4. The molecule has 2 aromatic rings. The molecule has 2 rings (SSSR count). The zero-order chi connectivity index (χ0) is 17.0. The number of hydrogen-bond donors (Lipinski definition) is 1. The van der Waals surface area contributed by atoms with Crippen LogP contribution in [0, 0.1) is 0 Å². The Morgan fingerprint density at radius 1 is 0.875 bits per heavy atom. The Morgan fingerprint density at radius 2 is 1.67 bits per heavy atom. The highest BCUT2D eigenvalue weighted by Gasteiger charge is 1.99. The van der Waals surface area contributed by atoms with Gasteiger partial charge in [-0.25, -0.2) is 0 Å².